The second kappa shape index (κ2) is 5.73. The van der Waals surface area contributed by atoms with E-state index in [1.165, 1.54) is 0 Å². The summed E-state index contributed by atoms with van der Waals surface area (Å²) in [6.45, 7) is 8.95. The molecule has 1 saturated carbocycles. The van der Waals surface area contributed by atoms with Crippen molar-refractivity contribution in [1.82, 2.24) is 20.2 Å². The average Bonchev–Trinajstić information content (AvgIpc) is 2.77. The predicted octanol–water partition coefficient (Wildman–Crippen LogP) is 2.54. The highest BCUT2D eigenvalue weighted by Crippen LogP contribution is 2.40. The van der Waals surface area contributed by atoms with E-state index in [0.29, 0.717) is 25.3 Å². The zero-order valence-corrected chi connectivity index (χ0v) is 13.5. The molecule has 1 aliphatic carbocycles. The van der Waals surface area contributed by atoms with Crippen LogP contribution >= 0.6 is 0 Å². The van der Waals surface area contributed by atoms with E-state index in [0.717, 1.165) is 25.1 Å². The van der Waals surface area contributed by atoms with Gasteiger partial charge in [0.05, 0.1) is 12.0 Å². The molecule has 0 bridgehead atoms. The van der Waals surface area contributed by atoms with Crippen molar-refractivity contribution in [3.05, 3.63) is 5.82 Å². The molecule has 0 atom stereocenters. The summed E-state index contributed by atoms with van der Waals surface area (Å²) in [4.78, 5) is 11.8. The second-order valence-electron chi connectivity index (χ2n) is 7.76. The molecule has 1 aliphatic rings. The molecule has 6 nitrogen and oxygen atoms in total. The van der Waals surface area contributed by atoms with E-state index in [4.69, 9.17) is 0 Å². The third-order valence-corrected chi connectivity index (χ3v) is 4.43. The Labute approximate surface area is 125 Å². The largest absolute Gasteiger partial charge is 0.481 e. The molecule has 0 aliphatic heterocycles. The van der Waals surface area contributed by atoms with Gasteiger partial charge >= 0.3 is 5.97 Å². The van der Waals surface area contributed by atoms with Gasteiger partial charge in [-0.15, -0.1) is 5.10 Å². The molecule has 1 heterocycles. The number of hydrogen-bond acceptors (Lipinski definition) is 4. The standard InChI is InChI=1S/C15H26N4O2/c1-11-5-7-15(8-6-11,13(20)21)10-19-12(16-17-18-19)9-14(2,3)4/h11H,5-10H2,1-4H3,(H,20,21). The number of carboxylic acids is 1. The monoisotopic (exact) mass is 294 g/mol. The highest BCUT2D eigenvalue weighted by molar-refractivity contribution is 5.74. The third-order valence-electron chi connectivity index (χ3n) is 4.43. The van der Waals surface area contributed by atoms with Crippen molar-refractivity contribution >= 4 is 5.97 Å². The van der Waals surface area contributed by atoms with Gasteiger partial charge in [-0.3, -0.25) is 4.79 Å². The van der Waals surface area contributed by atoms with E-state index < -0.39 is 11.4 Å². The van der Waals surface area contributed by atoms with E-state index in [1.54, 1.807) is 4.68 Å². The van der Waals surface area contributed by atoms with Gasteiger partial charge in [-0.05, 0) is 47.4 Å². The molecule has 21 heavy (non-hydrogen) atoms. The molecule has 0 amide bonds. The van der Waals surface area contributed by atoms with Gasteiger partial charge in [0.25, 0.3) is 0 Å². The van der Waals surface area contributed by atoms with Gasteiger partial charge in [0.15, 0.2) is 5.82 Å². The van der Waals surface area contributed by atoms with Crippen molar-refractivity contribution < 1.29 is 9.90 Å². The minimum absolute atomic E-state index is 0.0733. The van der Waals surface area contributed by atoms with E-state index in [9.17, 15) is 9.90 Å². The third kappa shape index (κ3) is 3.80. The number of tetrazole rings is 1. The maximum atomic E-state index is 11.8. The lowest BCUT2D eigenvalue weighted by atomic mass is 9.71. The number of carbonyl (C=O) groups is 1. The van der Waals surface area contributed by atoms with Crippen LogP contribution in [0, 0.1) is 16.7 Å². The first-order valence-corrected chi connectivity index (χ1v) is 7.70. The van der Waals surface area contributed by atoms with Gasteiger partial charge in [-0.25, -0.2) is 4.68 Å². The number of nitrogens with zero attached hydrogens (tertiary/aromatic N) is 4. The summed E-state index contributed by atoms with van der Waals surface area (Å²) in [7, 11) is 0. The highest BCUT2D eigenvalue weighted by atomic mass is 16.4. The lowest BCUT2D eigenvalue weighted by molar-refractivity contribution is -0.153. The van der Waals surface area contributed by atoms with Gasteiger partial charge < -0.3 is 5.11 Å². The Hall–Kier alpha value is -1.46. The molecule has 6 heteroatoms. The van der Waals surface area contributed by atoms with Crippen molar-refractivity contribution in [3.63, 3.8) is 0 Å². The molecule has 2 rings (SSSR count). The molecule has 0 spiro atoms. The predicted molar refractivity (Wildman–Crippen MR) is 78.7 cm³/mol. The van der Waals surface area contributed by atoms with Gasteiger partial charge in [0.1, 0.15) is 0 Å². The Kier molecular flexibility index (Phi) is 4.35. The summed E-state index contributed by atoms with van der Waals surface area (Å²) in [6, 6.07) is 0. The topological polar surface area (TPSA) is 80.9 Å². The van der Waals surface area contributed by atoms with Crippen molar-refractivity contribution in [2.75, 3.05) is 0 Å². The fourth-order valence-electron chi connectivity index (χ4n) is 2.99. The molecule has 1 aromatic rings. The van der Waals surface area contributed by atoms with Crippen molar-refractivity contribution in [1.29, 1.82) is 0 Å². The summed E-state index contributed by atoms with van der Waals surface area (Å²) in [5.74, 6) is 0.675. The summed E-state index contributed by atoms with van der Waals surface area (Å²) < 4.78 is 1.70. The summed E-state index contributed by atoms with van der Waals surface area (Å²) >= 11 is 0. The number of aliphatic carboxylic acids is 1. The first-order chi connectivity index (χ1) is 9.72. The number of aromatic nitrogens is 4. The average molecular weight is 294 g/mol. The first-order valence-electron chi connectivity index (χ1n) is 7.70. The van der Waals surface area contributed by atoms with Crippen molar-refractivity contribution in [3.8, 4) is 0 Å². The number of rotatable bonds is 4. The molecular formula is C15H26N4O2. The van der Waals surface area contributed by atoms with Crippen LogP contribution in [0.4, 0.5) is 0 Å². The molecule has 118 valence electrons. The van der Waals surface area contributed by atoms with Crippen LogP contribution in [0.25, 0.3) is 0 Å². The van der Waals surface area contributed by atoms with Crippen LogP contribution in [0.5, 0.6) is 0 Å². The Balaban J connectivity index is 2.19. The molecule has 0 radical (unpaired) electrons. The van der Waals surface area contributed by atoms with Gasteiger partial charge in [0, 0.05) is 6.42 Å². The maximum Gasteiger partial charge on any atom is 0.311 e. The SMILES string of the molecule is CC1CCC(Cn2nnnc2CC(C)(C)C)(C(=O)O)CC1. The van der Waals surface area contributed by atoms with Gasteiger partial charge in [-0.1, -0.05) is 27.7 Å². The summed E-state index contributed by atoms with van der Waals surface area (Å²) in [6.07, 6.45) is 4.08. The lowest BCUT2D eigenvalue weighted by Gasteiger charge is -2.35. The first kappa shape index (κ1) is 15.9. The normalized spacial score (nSPS) is 26.8. The van der Waals surface area contributed by atoms with Crippen LogP contribution in [0.3, 0.4) is 0 Å². The van der Waals surface area contributed by atoms with Gasteiger partial charge in [-0.2, -0.15) is 0 Å². The van der Waals surface area contributed by atoms with Crippen LogP contribution in [-0.4, -0.2) is 31.3 Å². The number of carboxylic acid groups (broad SMARTS) is 1. The minimum atomic E-state index is -0.716. The zero-order chi connectivity index (χ0) is 15.7. The Morgan fingerprint density at radius 2 is 2.00 bits per heavy atom. The molecule has 1 N–H and O–H groups in total. The van der Waals surface area contributed by atoms with E-state index in [-0.39, 0.29) is 5.41 Å². The van der Waals surface area contributed by atoms with E-state index in [2.05, 4.69) is 43.2 Å². The Morgan fingerprint density at radius 3 is 2.52 bits per heavy atom. The molecule has 0 unspecified atom stereocenters. The molecular weight excluding hydrogens is 268 g/mol. The minimum Gasteiger partial charge on any atom is -0.481 e. The van der Waals surface area contributed by atoms with Crippen molar-refractivity contribution in [2.24, 2.45) is 16.7 Å². The highest BCUT2D eigenvalue weighted by Gasteiger charge is 2.42. The van der Waals surface area contributed by atoms with Crippen molar-refractivity contribution in [2.45, 2.75) is 66.3 Å². The van der Waals surface area contributed by atoms with Crippen LogP contribution in [0.2, 0.25) is 0 Å². The maximum absolute atomic E-state index is 11.8. The Bertz CT molecular complexity index is 496. The summed E-state index contributed by atoms with van der Waals surface area (Å²) in [5, 5.41) is 21.6. The fraction of sp³-hybridized carbons (Fsp3) is 0.867. The molecule has 1 aromatic heterocycles. The van der Waals surface area contributed by atoms with E-state index in [1.807, 2.05) is 0 Å². The quantitative estimate of drug-likeness (QED) is 0.923. The number of hydrogen-bond donors (Lipinski definition) is 1. The molecule has 1 fully saturated rings. The molecule has 0 aromatic carbocycles. The Morgan fingerprint density at radius 1 is 1.38 bits per heavy atom. The van der Waals surface area contributed by atoms with Crippen LogP contribution in [0.15, 0.2) is 0 Å². The zero-order valence-electron chi connectivity index (χ0n) is 13.5. The lowest BCUT2D eigenvalue weighted by Crippen LogP contribution is -2.39. The van der Waals surface area contributed by atoms with Crippen LogP contribution in [-0.2, 0) is 17.8 Å². The summed E-state index contributed by atoms with van der Waals surface area (Å²) in [5.41, 5.74) is -0.640. The second-order valence-corrected chi connectivity index (χ2v) is 7.76. The smallest absolute Gasteiger partial charge is 0.311 e. The fourth-order valence-corrected chi connectivity index (χ4v) is 2.99. The van der Waals surface area contributed by atoms with Crippen LogP contribution in [0.1, 0.15) is 59.2 Å². The van der Waals surface area contributed by atoms with E-state index >= 15 is 0 Å². The molecule has 0 saturated heterocycles. The van der Waals surface area contributed by atoms with Crippen LogP contribution < -0.4 is 0 Å². The van der Waals surface area contributed by atoms with Gasteiger partial charge in [0.2, 0.25) is 0 Å².